The molecule has 2 heterocycles. The molecule has 1 N–H and O–H groups in total. The summed E-state index contributed by atoms with van der Waals surface area (Å²) in [5.41, 5.74) is 1.55. The molecule has 1 atom stereocenters. The fourth-order valence-electron chi connectivity index (χ4n) is 2.12. The van der Waals surface area contributed by atoms with Crippen LogP contribution in [0.2, 0.25) is 0 Å². The Hall–Kier alpha value is -2.73. The fraction of sp³-hybridized carbons (Fsp3) is 0.118. The molecule has 0 bridgehead atoms. The van der Waals surface area contributed by atoms with Gasteiger partial charge in [0.05, 0.1) is 5.56 Å². The number of ether oxygens (including phenoxy) is 1. The van der Waals surface area contributed by atoms with Crippen molar-refractivity contribution >= 4 is 34.0 Å². The molecule has 0 saturated carbocycles. The predicted molar refractivity (Wildman–Crippen MR) is 88.9 cm³/mol. The van der Waals surface area contributed by atoms with E-state index in [4.69, 9.17) is 4.74 Å². The largest absolute Gasteiger partial charge is 0.454 e. The molecule has 5 nitrogen and oxygen atoms in total. The first kappa shape index (κ1) is 15.2. The average Bonchev–Trinajstić information content (AvgIpc) is 3.21. The summed E-state index contributed by atoms with van der Waals surface area (Å²) < 4.78 is 5.11. The molecule has 0 amide bonds. The first-order chi connectivity index (χ1) is 11.1. The zero-order chi connectivity index (χ0) is 16.4. The van der Waals surface area contributed by atoms with E-state index in [1.165, 1.54) is 11.5 Å². The van der Waals surface area contributed by atoms with Gasteiger partial charge in [-0.2, -0.15) is 0 Å². The van der Waals surface area contributed by atoms with Crippen molar-refractivity contribution in [1.82, 2.24) is 9.97 Å². The van der Waals surface area contributed by atoms with E-state index in [-0.39, 0.29) is 16.5 Å². The van der Waals surface area contributed by atoms with Crippen LogP contribution in [0.5, 0.6) is 0 Å². The van der Waals surface area contributed by atoms with Gasteiger partial charge < -0.3 is 9.72 Å². The summed E-state index contributed by atoms with van der Waals surface area (Å²) in [5.74, 6) is -0.783. The fourth-order valence-corrected chi connectivity index (χ4v) is 2.86. The second kappa shape index (κ2) is 6.18. The summed E-state index contributed by atoms with van der Waals surface area (Å²) in [5, 5.41) is 2.62. The molecule has 1 aromatic carbocycles. The van der Waals surface area contributed by atoms with Gasteiger partial charge in [0.15, 0.2) is 10.7 Å². The number of carbonyl (C=O) groups excluding carboxylic acids is 2. The number of H-pyrrole nitrogens is 1. The van der Waals surface area contributed by atoms with Crippen LogP contribution in [0.4, 0.5) is 0 Å². The number of nitrogens with zero attached hydrogens (tertiary/aromatic N) is 1. The predicted octanol–water partition coefficient (Wildman–Crippen LogP) is 3.59. The lowest BCUT2D eigenvalue weighted by molar-refractivity contribution is 0.0419. The van der Waals surface area contributed by atoms with Crippen molar-refractivity contribution in [3.63, 3.8) is 0 Å². The first-order valence-corrected chi connectivity index (χ1v) is 7.88. The lowest BCUT2D eigenvalue weighted by Gasteiger charge is -2.06. The van der Waals surface area contributed by atoms with Crippen LogP contribution in [0.1, 0.15) is 32.8 Å². The average molecular weight is 326 g/mol. The number of fused-ring (bicyclic) bond motifs is 1. The normalized spacial score (nSPS) is 12.0. The van der Waals surface area contributed by atoms with Crippen molar-refractivity contribution in [3.05, 3.63) is 64.8 Å². The van der Waals surface area contributed by atoms with Gasteiger partial charge in [0, 0.05) is 22.5 Å². The maximum absolute atomic E-state index is 12.6. The van der Waals surface area contributed by atoms with Gasteiger partial charge in [-0.15, -0.1) is 11.3 Å². The molecule has 0 aliphatic heterocycles. The number of hydrogen-bond acceptors (Lipinski definition) is 5. The van der Waals surface area contributed by atoms with Crippen LogP contribution >= 0.6 is 11.3 Å². The lowest BCUT2D eigenvalue weighted by Crippen LogP contribution is -2.13. The van der Waals surface area contributed by atoms with Crippen LogP contribution in [0.15, 0.2) is 48.5 Å². The van der Waals surface area contributed by atoms with Crippen molar-refractivity contribution < 1.29 is 14.3 Å². The number of ketones is 1. The van der Waals surface area contributed by atoms with Crippen LogP contribution in [0.3, 0.4) is 0 Å². The van der Waals surface area contributed by atoms with Crippen molar-refractivity contribution in [3.8, 4) is 0 Å². The van der Waals surface area contributed by atoms with Crippen molar-refractivity contribution in [2.45, 2.75) is 13.0 Å². The number of para-hydroxylation sites is 1. The van der Waals surface area contributed by atoms with Crippen molar-refractivity contribution in [1.29, 1.82) is 0 Å². The van der Waals surface area contributed by atoms with E-state index < -0.39 is 12.1 Å². The van der Waals surface area contributed by atoms with Gasteiger partial charge in [-0.25, -0.2) is 9.78 Å². The first-order valence-electron chi connectivity index (χ1n) is 7.00. The molecule has 0 spiro atoms. The Kier molecular flexibility index (Phi) is 4.08. The third kappa shape index (κ3) is 2.93. The number of rotatable bonds is 5. The highest BCUT2D eigenvalue weighted by molar-refractivity contribution is 7.12. The number of hydrogen-bond donors (Lipinski definition) is 1. The smallest absolute Gasteiger partial charge is 0.358 e. The zero-order valence-corrected chi connectivity index (χ0v) is 13.2. The SMILES string of the molecule is C=CC(C)OC(=O)c1csc(C(=O)c2c[nH]c3ccccc23)n1. The maximum atomic E-state index is 12.6. The van der Waals surface area contributed by atoms with Gasteiger partial charge in [-0.3, -0.25) is 4.79 Å². The third-order valence-corrected chi connectivity index (χ3v) is 4.21. The number of aromatic nitrogens is 2. The lowest BCUT2D eigenvalue weighted by atomic mass is 10.1. The van der Waals surface area contributed by atoms with Crippen LogP contribution in [-0.4, -0.2) is 27.8 Å². The van der Waals surface area contributed by atoms with Gasteiger partial charge >= 0.3 is 5.97 Å². The van der Waals surface area contributed by atoms with Crippen molar-refractivity contribution in [2.24, 2.45) is 0 Å². The molecule has 1 unspecified atom stereocenters. The summed E-state index contributed by atoms with van der Waals surface area (Å²) in [6, 6.07) is 7.53. The summed E-state index contributed by atoms with van der Waals surface area (Å²) in [4.78, 5) is 31.7. The minimum absolute atomic E-state index is 0.131. The number of carbonyl (C=O) groups is 2. The summed E-state index contributed by atoms with van der Waals surface area (Å²) in [7, 11) is 0. The monoisotopic (exact) mass is 326 g/mol. The number of aromatic amines is 1. The Morgan fingerprint density at radius 2 is 2.17 bits per heavy atom. The van der Waals surface area contributed by atoms with E-state index in [1.807, 2.05) is 24.3 Å². The minimum atomic E-state index is -0.563. The quantitative estimate of drug-likeness (QED) is 0.442. The highest BCUT2D eigenvalue weighted by Crippen LogP contribution is 2.22. The Bertz CT molecular complexity index is 894. The number of esters is 1. The molecule has 0 aliphatic carbocycles. The molecule has 0 saturated heterocycles. The Morgan fingerprint density at radius 1 is 1.39 bits per heavy atom. The molecule has 6 heteroatoms. The Morgan fingerprint density at radius 3 is 2.96 bits per heavy atom. The standard InChI is InChI=1S/C17H14N2O3S/c1-3-10(2)22-17(21)14-9-23-16(19-14)15(20)12-8-18-13-7-5-4-6-11(12)13/h3-10,18H,1H2,2H3. The topological polar surface area (TPSA) is 72.1 Å². The summed E-state index contributed by atoms with van der Waals surface area (Å²) >= 11 is 1.13. The van der Waals surface area contributed by atoms with Gasteiger partial charge in [-0.05, 0) is 13.0 Å². The molecule has 116 valence electrons. The Labute approximate surface area is 136 Å². The van der Waals surface area contributed by atoms with Crippen LogP contribution < -0.4 is 0 Å². The van der Waals surface area contributed by atoms with Crippen molar-refractivity contribution in [2.75, 3.05) is 0 Å². The molecular weight excluding hydrogens is 312 g/mol. The molecule has 0 fully saturated rings. The number of nitrogens with one attached hydrogen (secondary N) is 1. The van der Waals surface area contributed by atoms with Gasteiger partial charge in [-0.1, -0.05) is 30.9 Å². The minimum Gasteiger partial charge on any atom is -0.454 e. The number of benzene rings is 1. The molecular formula is C17H14N2O3S. The van der Waals surface area contributed by atoms with Crippen LogP contribution in [0, 0.1) is 0 Å². The van der Waals surface area contributed by atoms with Gasteiger partial charge in [0.25, 0.3) is 0 Å². The number of thiazole rings is 1. The molecule has 23 heavy (non-hydrogen) atoms. The van der Waals surface area contributed by atoms with Crippen LogP contribution in [-0.2, 0) is 4.74 Å². The molecule has 2 aromatic heterocycles. The van der Waals surface area contributed by atoms with Crippen LogP contribution in [0.25, 0.3) is 10.9 Å². The Balaban J connectivity index is 1.86. The summed E-state index contributed by atoms with van der Waals surface area (Å²) in [6.07, 6.45) is 2.77. The van der Waals surface area contributed by atoms with E-state index in [0.29, 0.717) is 5.56 Å². The zero-order valence-electron chi connectivity index (χ0n) is 12.4. The van der Waals surface area contributed by atoms with E-state index in [1.54, 1.807) is 13.1 Å². The third-order valence-electron chi connectivity index (χ3n) is 3.37. The second-order valence-electron chi connectivity index (χ2n) is 4.96. The van der Waals surface area contributed by atoms with Gasteiger partial charge in [0.1, 0.15) is 6.10 Å². The van der Waals surface area contributed by atoms with E-state index in [9.17, 15) is 9.59 Å². The molecule has 0 radical (unpaired) electrons. The highest BCUT2D eigenvalue weighted by atomic mass is 32.1. The highest BCUT2D eigenvalue weighted by Gasteiger charge is 2.20. The molecule has 3 rings (SSSR count). The van der Waals surface area contributed by atoms with E-state index >= 15 is 0 Å². The van der Waals surface area contributed by atoms with E-state index in [0.717, 1.165) is 22.2 Å². The van der Waals surface area contributed by atoms with E-state index in [2.05, 4.69) is 16.5 Å². The summed E-state index contributed by atoms with van der Waals surface area (Å²) in [6.45, 7) is 5.25. The molecule has 3 aromatic rings. The molecule has 0 aliphatic rings. The maximum Gasteiger partial charge on any atom is 0.358 e. The second-order valence-corrected chi connectivity index (χ2v) is 5.82. The van der Waals surface area contributed by atoms with Gasteiger partial charge in [0.2, 0.25) is 5.78 Å².